The van der Waals surface area contributed by atoms with Crippen LogP contribution in [0.1, 0.15) is 12.0 Å². The van der Waals surface area contributed by atoms with Crippen LogP contribution in [0, 0.1) is 10.1 Å². The van der Waals surface area contributed by atoms with Crippen LogP contribution < -0.4 is 5.73 Å². The molecule has 0 radical (unpaired) electrons. The van der Waals surface area contributed by atoms with Crippen molar-refractivity contribution in [3.63, 3.8) is 0 Å². The number of hydrogen-bond donors (Lipinski definition) is 1. The SMILES string of the molecule is Nc1cc(Cl)c(C=CCC=O)cc1[N+](=O)[O-]. The lowest BCUT2D eigenvalue weighted by Crippen LogP contribution is -1.96. The minimum absolute atomic E-state index is 0.0162. The molecule has 0 aromatic heterocycles. The van der Waals surface area contributed by atoms with Gasteiger partial charge in [-0.3, -0.25) is 10.1 Å². The Kier molecular flexibility index (Phi) is 4.02. The zero-order valence-corrected chi connectivity index (χ0v) is 8.98. The van der Waals surface area contributed by atoms with E-state index in [-0.39, 0.29) is 17.8 Å². The van der Waals surface area contributed by atoms with Crippen LogP contribution in [0.15, 0.2) is 18.2 Å². The minimum atomic E-state index is -0.581. The molecule has 0 fully saturated rings. The lowest BCUT2D eigenvalue weighted by molar-refractivity contribution is -0.383. The maximum Gasteiger partial charge on any atom is 0.292 e. The number of carbonyl (C=O) groups excluding carboxylic acids is 1. The second kappa shape index (κ2) is 5.27. The van der Waals surface area contributed by atoms with Crippen LogP contribution in [0.3, 0.4) is 0 Å². The molecule has 0 heterocycles. The average molecular weight is 241 g/mol. The van der Waals surface area contributed by atoms with E-state index in [1.165, 1.54) is 12.1 Å². The van der Waals surface area contributed by atoms with Crippen LogP contribution in [-0.2, 0) is 4.79 Å². The fourth-order valence-electron chi connectivity index (χ4n) is 1.13. The van der Waals surface area contributed by atoms with Crippen molar-refractivity contribution in [3.05, 3.63) is 38.9 Å². The van der Waals surface area contributed by atoms with Crippen LogP contribution in [0.2, 0.25) is 5.02 Å². The molecule has 0 saturated carbocycles. The largest absolute Gasteiger partial charge is 0.393 e. The van der Waals surface area contributed by atoms with Crippen molar-refractivity contribution in [2.75, 3.05) is 5.73 Å². The molecule has 2 N–H and O–H groups in total. The highest BCUT2D eigenvalue weighted by molar-refractivity contribution is 6.32. The smallest absolute Gasteiger partial charge is 0.292 e. The molecule has 0 saturated heterocycles. The second-order valence-corrected chi connectivity index (χ2v) is 3.40. The summed E-state index contributed by atoms with van der Waals surface area (Å²) in [6.45, 7) is 0. The zero-order chi connectivity index (χ0) is 12.1. The molecule has 0 aliphatic carbocycles. The Morgan fingerprint density at radius 3 is 2.75 bits per heavy atom. The van der Waals surface area contributed by atoms with Crippen LogP contribution in [0.5, 0.6) is 0 Å². The van der Waals surface area contributed by atoms with Crippen LogP contribution in [-0.4, -0.2) is 11.2 Å². The van der Waals surface area contributed by atoms with E-state index in [1.807, 2.05) is 0 Å². The second-order valence-electron chi connectivity index (χ2n) is 2.99. The predicted molar refractivity (Wildman–Crippen MR) is 62.2 cm³/mol. The minimum Gasteiger partial charge on any atom is -0.393 e. The molecule has 1 aromatic carbocycles. The molecule has 0 aliphatic heterocycles. The molecule has 6 heteroatoms. The van der Waals surface area contributed by atoms with E-state index in [2.05, 4.69) is 0 Å². The van der Waals surface area contributed by atoms with Gasteiger partial charge < -0.3 is 10.5 Å². The quantitative estimate of drug-likeness (QED) is 0.379. The summed E-state index contributed by atoms with van der Waals surface area (Å²) < 4.78 is 0. The number of aldehydes is 1. The normalized spacial score (nSPS) is 10.6. The van der Waals surface area contributed by atoms with Gasteiger partial charge >= 0.3 is 0 Å². The summed E-state index contributed by atoms with van der Waals surface area (Å²) >= 11 is 5.84. The van der Waals surface area contributed by atoms with Gasteiger partial charge in [-0.25, -0.2) is 0 Å². The number of halogens is 1. The molecule has 0 spiro atoms. The van der Waals surface area contributed by atoms with Gasteiger partial charge in [-0.1, -0.05) is 23.8 Å². The average Bonchev–Trinajstić information content (AvgIpc) is 2.21. The first-order valence-electron chi connectivity index (χ1n) is 4.40. The number of nitro groups is 1. The first kappa shape index (κ1) is 12.2. The maximum atomic E-state index is 10.6. The van der Waals surface area contributed by atoms with Crippen LogP contribution >= 0.6 is 11.6 Å². The first-order valence-corrected chi connectivity index (χ1v) is 4.77. The molecule has 1 rings (SSSR count). The Morgan fingerprint density at radius 1 is 1.50 bits per heavy atom. The van der Waals surface area contributed by atoms with E-state index in [4.69, 9.17) is 17.3 Å². The predicted octanol–water partition coefficient (Wildman–Crippen LogP) is 2.43. The lowest BCUT2D eigenvalue weighted by Gasteiger charge is -2.01. The molecule has 5 nitrogen and oxygen atoms in total. The Bertz CT molecular complexity index is 458. The third-order valence-electron chi connectivity index (χ3n) is 1.87. The van der Waals surface area contributed by atoms with Gasteiger partial charge in [0.25, 0.3) is 5.69 Å². The number of nitrogens with zero attached hydrogens (tertiary/aromatic N) is 1. The number of nitrogen functional groups attached to an aromatic ring is 1. The Balaban J connectivity index is 3.14. The topological polar surface area (TPSA) is 86.2 Å². The summed E-state index contributed by atoms with van der Waals surface area (Å²) in [5, 5.41) is 10.9. The maximum absolute atomic E-state index is 10.6. The van der Waals surface area contributed by atoms with Gasteiger partial charge in [0.2, 0.25) is 0 Å². The standard InChI is InChI=1S/C10H9ClN2O3/c11-8-6-9(12)10(13(15)16)5-7(8)3-1-2-4-14/h1,3-6H,2,12H2. The van der Waals surface area contributed by atoms with E-state index in [1.54, 1.807) is 12.2 Å². The highest BCUT2D eigenvalue weighted by Gasteiger charge is 2.13. The molecule has 0 unspecified atom stereocenters. The van der Waals surface area contributed by atoms with Crippen molar-refractivity contribution in [1.82, 2.24) is 0 Å². The summed E-state index contributed by atoms with van der Waals surface area (Å²) in [5.74, 6) is 0. The van der Waals surface area contributed by atoms with Crippen molar-refractivity contribution in [3.8, 4) is 0 Å². The van der Waals surface area contributed by atoms with Crippen LogP contribution in [0.4, 0.5) is 11.4 Å². The highest BCUT2D eigenvalue weighted by atomic mass is 35.5. The lowest BCUT2D eigenvalue weighted by atomic mass is 10.1. The Labute approximate surface area is 96.7 Å². The van der Waals surface area contributed by atoms with E-state index < -0.39 is 4.92 Å². The summed E-state index contributed by atoms with van der Waals surface area (Å²) in [5.41, 5.74) is 5.72. The molecule has 0 atom stereocenters. The summed E-state index contributed by atoms with van der Waals surface area (Å²) in [6.07, 6.45) is 4.06. The molecule has 16 heavy (non-hydrogen) atoms. The number of nitrogens with two attached hydrogens (primary N) is 1. The van der Waals surface area contributed by atoms with Gasteiger partial charge in [-0.2, -0.15) is 0 Å². The summed E-state index contributed by atoms with van der Waals surface area (Å²) in [6, 6.07) is 2.60. The molecule has 0 bridgehead atoms. The van der Waals surface area contributed by atoms with E-state index in [0.29, 0.717) is 10.6 Å². The highest BCUT2D eigenvalue weighted by Crippen LogP contribution is 2.29. The molecule has 0 amide bonds. The number of rotatable bonds is 4. The summed E-state index contributed by atoms with van der Waals surface area (Å²) in [4.78, 5) is 20.1. The van der Waals surface area contributed by atoms with E-state index in [9.17, 15) is 14.9 Å². The van der Waals surface area contributed by atoms with Gasteiger partial charge in [0.1, 0.15) is 12.0 Å². The number of hydrogen-bond acceptors (Lipinski definition) is 4. The van der Waals surface area contributed by atoms with E-state index in [0.717, 1.165) is 6.29 Å². The van der Waals surface area contributed by atoms with Gasteiger partial charge in [0, 0.05) is 12.5 Å². The van der Waals surface area contributed by atoms with Crippen molar-refractivity contribution in [2.24, 2.45) is 0 Å². The third kappa shape index (κ3) is 2.80. The number of anilines is 1. The zero-order valence-electron chi connectivity index (χ0n) is 8.22. The van der Waals surface area contributed by atoms with Crippen LogP contribution in [0.25, 0.3) is 6.08 Å². The third-order valence-corrected chi connectivity index (χ3v) is 2.20. The van der Waals surface area contributed by atoms with Gasteiger partial charge in [0.05, 0.1) is 9.95 Å². The Morgan fingerprint density at radius 2 is 2.19 bits per heavy atom. The Hall–Kier alpha value is -1.88. The molecular formula is C10H9ClN2O3. The summed E-state index contributed by atoms with van der Waals surface area (Å²) in [7, 11) is 0. The van der Waals surface area contributed by atoms with Gasteiger partial charge in [0.15, 0.2) is 0 Å². The van der Waals surface area contributed by atoms with Crippen molar-refractivity contribution in [1.29, 1.82) is 0 Å². The molecule has 84 valence electrons. The molecular weight excluding hydrogens is 232 g/mol. The van der Waals surface area contributed by atoms with Crippen molar-refractivity contribution < 1.29 is 9.72 Å². The number of carbonyl (C=O) groups is 1. The first-order chi connectivity index (χ1) is 7.56. The fourth-order valence-corrected chi connectivity index (χ4v) is 1.36. The monoisotopic (exact) mass is 240 g/mol. The number of nitro benzene ring substituents is 1. The number of allylic oxidation sites excluding steroid dienone is 1. The van der Waals surface area contributed by atoms with Crippen molar-refractivity contribution >= 4 is 35.3 Å². The van der Waals surface area contributed by atoms with E-state index >= 15 is 0 Å². The van der Waals surface area contributed by atoms with Gasteiger partial charge in [-0.05, 0) is 11.6 Å². The molecule has 0 aliphatic rings. The number of benzene rings is 1. The fraction of sp³-hybridized carbons (Fsp3) is 0.100. The van der Waals surface area contributed by atoms with Crippen molar-refractivity contribution in [2.45, 2.75) is 6.42 Å². The van der Waals surface area contributed by atoms with Gasteiger partial charge in [-0.15, -0.1) is 0 Å². The molecule has 1 aromatic rings.